The van der Waals surface area contributed by atoms with Crippen LogP contribution in [-0.2, 0) is 6.54 Å². The van der Waals surface area contributed by atoms with Gasteiger partial charge in [0.05, 0.1) is 12.2 Å². The van der Waals surface area contributed by atoms with Gasteiger partial charge >= 0.3 is 0 Å². The molecule has 0 radical (unpaired) electrons. The van der Waals surface area contributed by atoms with E-state index < -0.39 is 0 Å². The summed E-state index contributed by atoms with van der Waals surface area (Å²) in [6.07, 6.45) is 0. The van der Waals surface area contributed by atoms with Crippen LogP contribution in [0.1, 0.15) is 27.7 Å². The number of amides is 1. The Morgan fingerprint density at radius 1 is 1.39 bits per heavy atom. The van der Waals surface area contributed by atoms with Gasteiger partial charge in [0.2, 0.25) is 0 Å². The standard InChI is InChI=1S/C11H13N5OS/c1-6-3-9(15-7(2)14-6)10(17)13-4-8-5-18-11(12)16-8/h3,5H,4H2,1-2H3,(H2,12,16)(H,13,17). The van der Waals surface area contributed by atoms with Crippen LogP contribution in [0.5, 0.6) is 0 Å². The van der Waals surface area contributed by atoms with E-state index in [1.165, 1.54) is 11.3 Å². The van der Waals surface area contributed by atoms with Crippen LogP contribution >= 0.6 is 11.3 Å². The highest BCUT2D eigenvalue weighted by Gasteiger charge is 2.09. The Bertz CT molecular complexity index is 560. The van der Waals surface area contributed by atoms with Gasteiger partial charge in [-0.3, -0.25) is 4.79 Å². The van der Waals surface area contributed by atoms with Gasteiger partial charge in [0.25, 0.3) is 5.91 Å². The van der Waals surface area contributed by atoms with Gasteiger partial charge in [-0.15, -0.1) is 11.3 Å². The number of hydrogen-bond donors (Lipinski definition) is 2. The molecule has 2 aromatic rings. The fourth-order valence-corrected chi connectivity index (χ4v) is 2.06. The lowest BCUT2D eigenvalue weighted by atomic mass is 10.3. The SMILES string of the molecule is Cc1cc(C(=O)NCc2csc(N)n2)nc(C)n1. The monoisotopic (exact) mass is 263 g/mol. The molecule has 0 fully saturated rings. The van der Waals surface area contributed by atoms with Crippen LogP contribution in [0.25, 0.3) is 0 Å². The van der Waals surface area contributed by atoms with E-state index in [2.05, 4.69) is 20.3 Å². The molecule has 0 aliphatic rings. The summed E-state index contributed by atoms with van der Waals surface area (Å²) in [6.45, 7) is 3.92. The Morgan fingerprint density at radius 2 is 2.17 bits per heavy atom. The molecular weight excluding hydrogens is 250 g/mol. The summed E-state index contributed by atoms with van der Waals surface area (Å²) in [6, 6.07) is 1.65. The van der Waals surface area contributed by atoms with Crippen LogP contribution in [-0.4, -0.2) is 20.9 Å². The van der Waals surface area contributed by atoms with Crippen molar-refractivity contribution in [2.24, 2.45) is 0 Å². The molecule has 0 saturated heterocycles. The average molecular weight is 263 g/mol. The van der Waals surface area contributed by atoms with Crippen LogP contribution in [0.4, 0.5) is 5.13 Å². The number of aromatic nitrogens is 3. The molecule has 0 aromatic carbocycles. The van der Waals surface area contributed by atoms with Crippen molar-refractivity contribution in [3.63, 3.8) is 0 Å². The summed E-state index contributed by atoms with van der Waals surface area (Å²) < 4.78 is 0. The van der Waals surface area contributed by atoms with E-state index in [9.17, 15) is 4.79 Å². The first kappa shape index (κ1) is 12.4. The number of nitrogens with zero attached hydrogens (tertiary/aromatic N) is 3. The average Bonchev–Trinajstić information content (AvgIpc) is 2.70. The summed E-state index contributed by atoms with van der Waals surface area (Å²) >= 11 is 1.35. The Labute approximate surface area is 108 Å². The zero-order valence-corrected chi connectivity index (χ0v) is 10.9. The maximum Gasteiger partial charge on any atom is 0.270 e. The lowest BCUT2D eigenvalue weighted by molar-refractivity contribution is 0.0945. The van der Waals surface area contributed by atoms with Gasteiger partial charge in [-0.2, -0.15) is 0 Å². The molecule has 0 atom stereocenters. The zero-order chi connectivity index (χ0) is 13.1. The molecular formula is C11H13N5OS. The van der Waals surface area contributed by atoms with Gasteiger partial charge in [0.15, 0.2) is 5.13 Å². The molecule has 94 valence electrons. The van der Waals surface area contributed by atoms with Gasteiger partial charge in [0, 0.05) is 11.1 Å². The molecule has 0 aliphatic heterocycles. The van der Waals surface area contributed by atoms with Gasteiger partial charge in [0.1, 0.15) is 11.5 Å². The van der Waals surface area contributed by atoms with Crippen molar-refractivity contribution in [1.82, 2.24) is 20.3 Å². The van der Waals surface area contributed by atoms with Crippen LogP contribution < -0.4 is 11.1 Å². The number of rotatable bonds is 3. The minimum atomic E-state index is -0.241. The molecule has 1 amide bonds. The van der Waals surface area contributed by atoms with Gasteiger partial charge < -0.3 is 11.1 Å². The van der Waals surface area contributed by atoms with E-state index in [-0.39, 0.29) is 5.91 Å². The van der Waals surface area contributed by atoms with Crippen molar-refractivity contribution in [3.05, 3.63) is 34.4 Å². The fourth-order valence-electron chi connectivity index (χ4n) is 1.50. The molecule has 0 unspecified atom stereocenters. The maximum absolute atomic E-state index is 11.9. The number of anilines is 1. The van der Waals surface area contributed by atoms with Crippen molar-refractivity contribution >= 4 is 22.4 Å². The van der Waals surface area contributed by atoms with Gasteiger partial charge in [-0.1, -0.05) is 0 Å². The maximum atomic E-state index is 11.9. The van der Waals surface area contributed by atoms with E-state index in [1.54, 1.807) is 13.0 Å². The smallest absolute Gasteiger partial charge is 0.270 e. The van der Waals surface area contributed by atoms with E-state index in [0.29, 0.717) is 23.2 Å². The predicted octanol–water partition coefficient (Wildman–Crippen LogP) is 1.06. The summed E-state index contributed by atoms with van der Waals surface area (Å²) in [5, 5.41) is 5.05. The molecule has 0 spiro atoms. The van der Waals surface area contributed by atoms with Crippen LogP contribution in [0, 0.1) is 13.8 Å². The number of nitrogens with one attached hydrogen (secondary N) is 1. The third-order valence-electron chi connectivity index (χ3n) is 2.20. The second-order valence-electron chi connectivity index (χ2n) is 3.80. The molecule has 7 heteroatoms. The summed E-state index contributed by atoms with van der Waals surface area (Å²) in [7, 11) is 0. The fraction of sp³-hybridized carbons (Fsp3) is 0.273. The molecule has 0 aliphatic carbocycles. The first-order valence-electron chi connectivity index (χ1n) is 5.35. The highest BCUT2D eigenvalue weighted by atomic mass is 32.1. The third kappa shape index (κ3) is 3.01. The second-order valence-corrected chi connectivity index (χ2v) is 4.69. The number of thiazole rings is 1. The number of carbonyl (C=O) groups is 1. The molecule has 2 aromatic heterocycles. The number of nitrogen functional groups attached to an aromatic ring is 1. The van der Waals surface area contributed by atoms with Crippen LogP contribution in [0.2, 0.25) is 0 Å². The minimum absolute atomic E-state index is 0.241. The summed E-state index contributed by atoms with van der Waals surface area (Å²) in [5.41, 5.74) is 7.39. The zero-order valence-electron chi connectivity index (χ0n) is 10.1. The molecule has 2 heterocycles. The molecule has 3 N–H and O–H groups in total. The predicted molar refractivity (Wildman–Crippen MR) is 69.2 cm³/mol. The van der Waals surface area contributed by atoms with E-state index in [1.807, 2.05) is 12.3 Å². The molecule has 0 saturated carbocycles. The largest absolute Gasteiger partial charge is 0.375 e. The first-order chi connectivity index (χ1) is 8.54. The topological polar surface area (TPSA) is 93.8 Å². The van der Waals surface area contributed by atoms with E-state index in [0.717, 1.165) is 11.4 Å². The normalized spacial score (nSPS) is 10.3. The van der Waals surface area contributed by atoms with E-state index >= 15 is 0 Å². The highest BCUT2D eigenvalue weighted by Crippen LogP contribution is 2.10. The quantitative estimate of drug-likeness (QED) is 0.863. The van der Waals surface area contributed by atoms with Crippen molar-refractivity contribution < 1.29 is 4.79 Å². The highest BCUT2D eigenvalue weighted by molar-refractivity contribution is 7.13. The summed E-state index contributed by atoms with van der Waals surface area (Å²) in [5.74, 6) is 0.341. The lowest BCUT2D eigenvalue weighted by Gasteiger charge is -2.04. The number of hydrogen-bond acceptors (Lipinski definition) is 6. The lowest BCUT2D eigenvalue weighted by Crippen LogP contribution is -2.24. The molecule has 6 nitrogen and oxygen atoms in total. The van der Waals surface area contributed by atoms with Crippen molar-refractivity contribution in [1.29, 1.82) is 0 Å². The van der Waals surface area contributed by atoms with Crippen molar-refractivity contribution in [2.45, 2.75) is 20.4 Å². The molecule has 2 rings (SSSR count). The Balaban J connectivity index is 2.03. The van der Waals surface area contributed by atoms with Crippen LogP contribution in [0.15, 0.2) is 11.4 Å². The van der Waals surface area contributed by atoms with Crippen molar-refractivity contribution in [2.75, 3.05) is 5.73 Å². The van der Waals surface area contributed by atoms with Gasteiger partial charge in [-0.05, 0) is 19.9 Å². The Morgan fingerprint density at radius 3 is 2.78 bits per heavy atom. The van der Waals surface area contributed by atoms with Crippen LogP contribution in [0.3, 0.4) is 0 Å². The molecule has 18 heavy (non-hydrogen) atoms. The Kier molecular flexibility index (Phi) is 3.52. The molecule has 0 bridgehead atoms. The second kappa shape index (κ2) is 5.09. The van der Waals surface area contributed by atoms with Crippen molar-refractivity contribution in [3.8, 4) is 0 Å². The number of carbonyl (C=O) groups excluding carboxylic acids is 1. The minimum Gasteiger partial charge on any atom is -0.375 e. The van der Waals surface area contributed by atoms with E-state index in [4.69, 9.17) is 5.73 Å². The number of nitrogens with two attached hydrogens (primary N) is 1. The first-order valence-corrected chi connectivity index (χ1v) is 6.23. The summed E-state index contributed by atoms with van der Waals surface area (Å²) in [4.78, 5) is 24.1. The number of aryl methyl sites for hydroxylation is 2. The Hall–Kier alpha value is -2.02. The van der Waals surface area contributed by atoms with Gasteiger partial charge in [-0.25, -0.2) is 15.0 Å². The third-order valence-corrected chi connectivity index (χ3v) is 2.92.